The van der Waals surface area contributed by atoms with E-state index >= 15 is 0 Å². The molecule has 134 valence electrons. The number of benzene rings is 2. The number of nitrogens with one attached hydrogen (secondary N) is 1. The van der Waals surface area contributed by atoms with E-state index in [0.29, 0.717) is 13.0 Å². The number of thioether (sulfide) groups is 1. The molecule has 5 nitrogen and oxygen atoms in total. The van der Waals surface area contributed by atoms with Gasteiger partial charge in [0.15, 0.2) is 5.16 Å². The third-order valence-corrected chi connectivity index (χ3v) is 4.96. The summed E-state index contributed by atoms with van der Waals surface area (Å²) in [7, 11) is 0. The Labute approximate surface area is 157 Å². The van der Waals surface area contributed by atoms with E-state index in [4.69, 9.17) is 0 Å². The number of nitrogens with zero attached hydrogens (tertiary/aromatic N) is 3. The molecule has 0 bridgehead atoms. The molecule has 3 aromatic rings. The van der Waals surface area contributed by atoms with Crippen LogP contribution in [0.2, 0.25) is 0 Å². The zero-order valence-electron chi connectivity index (χ0n) is 14.9. The second-order valence-electron chi connectivity index (χ2n) is 5.89. The van der Waals surface area contributed by atoms with E-state index in [9.17, 15) is 4.79 Å². The van der Waals surface area contributed by atoms with Gasteiger partial charge in [0.2, 0.25) is 5.91 Å². The quantitative estimate of drug-likeness (QED) is 0.651. The van der Waals surface area contributed by atoms with Gasteiger partial charge in [-0.1, -0.05) is 60.3 Å². The lowest BCUT2D eigenvalue weighted by Gasteiger charge is -2.13. The summed E-state index contributed by atoms with van der Waals surface area (Å²) in [4.78, 5) is 12.1. The van der Waals surface area contributed by atoms with Crippen molar-refractivity contribution in [1.29, 1.82) is 0 Å². The molecule has 0 fully saturated rings. The molecule has 1 aromatic heterocycles. The van der Waals surface area contributed by atoms with E-state index in [1.807, 2.05) is 66.9 Å². The first-order valence-corrected chi connectivity index (χ1v) is 9.55. The van der Waals surface area contributed by atoms with E-state index in [1.54, 1.807) is 0 Å². The Morgan fingerprint density at radius 2 is 1.73 bits per heavy atom. The highest BCUT2D eigenvalue weighted by molar-refractivity contribution is 8.00. The Hall–Kier alpha value is -2.60. The molecule has 1 N–H and O–H groups in total. The first kappa shape index (κ1) is 18.2. The van der Waals surface area contributed by atoms with Crippen molar-refractivity contribution in [3.63, 3.8) is 0 Å². The summed E-state index contributed by atoms with van der Waals surface area (Å²) in [5, 5.41) is 12.1. The molecule has 2 aromatic carbocycles. The maximum atomic E-state index is 12.1. The van der Waals surface area contributed by atoms with Crippen LogP contribution in [0.1, 0.15) is 25.2 Å². The van der Waals surface area contributed by atoms with Gasteiger partial charge in [0.1, 0.15) is 5.82 Å². The minimum atomic E-state index is -0.244. The highest BCUT2D eigenvalue weighted by Gasteiger charge is 2.20. The molecule has 1 atom stereocenters. The predicted molar refractivity (Wildman–Crippen MR) is 105 cm³/mol. The summed E-state index contributed by atoms with van der Waals surface area (Å²) in [6.07, 6.45) is 0.679. The van der Waals surface area contributed by atoms with E-state index < -0.39 is 0 Å². The smallest absolute Gasteiger partial charge is 0.233 e. The van der Waals surface area contributed by atoms with Crippen molar-refractivity contribution in [2.75, 3.05) is 6.54 Å². The van der Waals surface area contributed by atoms with Gasteiger partial charge in [-0.05, 0) is 31.5 Å². The minimum absolute atomic E-state index is 0.00437. The fraction of sp³-hybridized carbons (Fsp3) is 0.250. The molecule has 1 unspecified atom stereocenters. The van der Waals surface area contributed by atoms with Crippen molar-refractivity contribution in [3.8, 4) is 5.69 Å². The maximum absolute atomic E-state index is 12.1. The van der Waals surface area contributed by atoms with Crippen LogP contribution in [0.4, 0.5) is 0 Å². The average molecular weight is 366 g/mol. The van der Waals surface area contributed by atoms with E-state index in [0.717, 1.165) is 16.7 Å². The van der Waals surface area contributed by atoms with Crippen LogP contribution in [0.15, 0.2) is 65.8 Å². The monoisotopic (exact) mass is 366 g/mol. The molecule has 0 saturated heterocycles. The summed E-state index contributed by atoms with van der Waals surface area (Å²) in [6.45, 7) is 4.42. The van der Waals surface area contributed by atoms with Crippen LogP contribution in [-0.4, -0.2) is 32.5 Å². The topological polar surface area (TPSA) is 59.8 Å². The Balaban J connectivity index is 1.93. The van der Waals surface area contributed by atoms with Crippen LogP contribution in [-0.2, 0) is 11.2 Å². The standard InChI is InChI=1S/C20H22N4OS/c1-3-21-19(25)15(2)26-20-23-22-18(14-16-10-6-4-7-11-16)24(20)17-12-8-5-9-13-17/h4-13,15H,3,14H2,1-2H3,(H,21,25). The minimum Gasteiger partial charge on any atom is -0.355 e. The molecule has 0 aliphatic rings. The summed E-state index contributed by atoms with van der Waals surface area (Å²) >= 11 is 1.42. The van der Waals surface area contributed by atoms with Crippen LogP contribution in [0.5, 0.6) is 0 Å². The van der Waals surface area contributed by atoms with E-state index in [-0.39, 0.29) is 11.2 Å². The Morgan fingerprint density at radius 1 is 1.08 bits per heavy atom. The summed E-state index contributed by atoms with van der Waals surface area (Å²) in [5.74, 6) is 0.859. The Kier molecular flexibility index (Phi) is 6.07. The molecule has 0 aliphatic heterocycles. The predicted octanol–water partition coefficient (Wildman–Crippen LogP) is 3.47. The molecule has 0 aliphatic carbocycles. The van der Waals surface area contributed by atoms with Crippen molar-refractivity contribution in [1.82, 2.24) is 20.1 Å². The third kappa shape index (κ3) is 4.32. The fourth-order valence-electron chi connectivity index (χ4n) is 2.64. The van der Waals surface area contributed by atoms with Gasteiger partial charge in [-0.15, -0.1) is 10.2 Å². The molecular weight excluding hydrogens is 344 g/mol. The molecule has 1 amide bonds. The van der Waals surface area contributed by atoms with Crippen LogP contribution < -0.4 is 5.32 Å². The van der Waals surface area contributed by atoms with Gasteiger partial charge in [-0.25, -0.2) is 0 Å². The number of hydrogen-bond acceptors (Lipinski definition) is 4. The highest BCUT2D eigenvalue weighted by Crippen LogP contribution is 2.26. The number of para-hydroxylation sites is 1. The third-order valence-electron chi connectivity index (χ3n) is 3.92. The summed E-state index contributed by atoms with van der Waals surface area (Å²) < 4.78 is 2.04. The van der Waals surface area contributed by atoms with Crippen molar-refractivity contribution >= 4 is 17.7 Å². The van der Waals surface area contributed by atoms with Gasteiger partial charge in [-0.2, -0.15) is 0 Å². The normalized spacial score (nSPS) is 11.9. The van der Waals surface area contributed by atoms with Gasteiger partial charge in [0.25, 0.3) is 0 Å². The van der Waals surface area contributed by atoms with Crippen molar-refractivity contribution < 1.29 is 4.79 Å². The van der Waals surface area contributed by atoms with Crippen molar-refractivity contribution in [2.24, 2.45) is 0 Å². The highest BCUT2D eigenvalue weighted by atomic mass is 32.2. The van der Waals surface area contributed by atoms with Gasteiger partial charge >= 0.3 is 0 Å². The van der Waals surface area contributed by atoms with Crippen LogP contribution in [0.3, 0.4) is 0 Å². The molecular formula is C20H22N4OS. The van der Waals surface area contributed by atoms with Gasteiger partial charge in [0.05, 0.1) is 5.25 Å². The van der Waals surface area contributed by atoms with Crippen molar-refractivity contribution in [3.05, 3.63) is 72.1 Å². The lowest BCUT2D eigenvalue weighted by Crippen LogP contribution is -2.30. The largest absolute Gasteiger partial charge is 0.355 e. The molecule has 0 radical (unpaired) electrons. The van der Waals surface area contributed by atoms with Crippen LogP contribution in [0.25, 0.3) is 5.69 Å². The first-order chi connectivity index (χ1) is 12.7. The second-order valence-corrected chi connectivity index (χ2v) is 7.19. The number of rotatable bonds is 7. The van der Waals surface area contributed by atoms with Crippen LogP contribution in [0, 0.1) is 0 Å². The summed E-state index contributed by atoms with van der Waals surface area (Å²) in [6, 6.07) is 20.2. The van der Waals surface area contributed by atoms with Gasteiger partial charge < -0.3 is 5.32 Å². The molecule has 3 rings (SSSR count). The molecule has 0 spiro atoms. The lowest BCUT2D eigenvalue weighted by molar-refractivity contribution is -0.120. The Morgan fingerprint density at radius 3 is 2.38 bits per heavy atom. The second kappa shape index (κ2) is 8.67. The number of hydrogen-bond donors (Lipinski definition) is 1. The molecule has 6 heteroatoms. The molecule has 0 saturated carbocycles. The Bertz CT molecular complexity index is 849. The first-order valence-electron chi connectivity index (χ1n) is 8.67. The SMILES string of the molecule is CCNC(=O)C(C)Sc1nnc(Cc2ccccc2)n1-c1ccccc1. The lowest BCUT2D eigenvalue weighted by atomic mass is 10.1. The van der Waals surface area contributed by atoms with E-state index in [1.165, 1.54) is 17.3 Å². The number of aromatic nitrogens is 3. The van der Waals surface area contributed by atoms with E-state index in [2.05, 4.69) is 27.6 Å². The zero-order chi connectivity index (χ0) is 18.4. The average Bonchev–Trinajstić information content (AvgIpc) is 3.05. The van der Waals surface area contributed by atoms with Gasteiger partial charge in [-0.3, -0.25) is 9.36 Å². The van der Waals surface area contributed by atoms with Gasteiger partial charge in [0, 0.05) is 18.7 Å². The van der Waals surface area contributed by atoms with Crippen molar-refractivity contribution in [2.45, 2.75) is 30.7 Å². The maximum Gasteiger partial charge on any atom is 0.233 e. The molecule has 1 heterocycles. The zero-order valence-corrected chi connectivity index (χ0v) is 15.7. The number of amides is 1. The molecule has 26 heavy (non-hydrogen) atoms. The van der Waals surface area contributed by atoms with Crippen LogP contribution >= 0.6 is 11.8 Å². The number of carbonyl (C=O) groups excluding carboxylic acids is 1. The summed E-state index contributed by atoms with van der Waals surface area (Å²) in [5.41, 5.74) is 2.17. The number of carbonyl (C=O) groups is 1. The fourth-order valence-corrected chi connectivity index (χ4v) is 3.55.